The summed E-state index contributed by atoms with van der Waals surface area (Å²) < 4.78 is 12.2. The number of benzene rings is 3. The summed E-state index contributed by atoms with van der Waals surface area (Å²) in [4.78, 5) is 25.1. The Morgan fingerprint density at radius 1 is 0.977 bits per heavy atom. The summed E-state index contributed by atoms with van der Waals surface area (Å²) in [5.74, 6) is 2.47. The fraction of sp³-hybridized carbons (Fsp3) is 0.364. The first-order valence-electron chi connectivity index (χ1n) is 14.4. The molecule has 4 bridgehead atoms. The summed E-state index contributed by atoms with van der Waals surface area (Å²) in [5, 5.41) is 17.0. The lowest BCUT2D eigenvalue weighted by Crippen LogP contribution is -2.48. The van der Waals surface area contributed by atoms with Crippen LogP contribution in [0.25, 0.3) is 0 Å². The fourth-order valence-electron chi connectivity index (χ4n) is 7.56. The standard InChI is InChI=1S/C33H33Br2N3O5/c1-42-29-11-19(17-36-38-32(41)26-12-24(34)13-27(35)31(26)40)2-7-28(29)43-18-30(39)37-25-5-3-23(4-6-25)33-14-20-8-21(15-33)10-22(9-20)16-33/h2-7,11-13,17,20-22,40H,8-10,14-16,18H2,1H3,(H,37,39)(H,38,41)/b36-17-. The molecule has 3 aromatic rings. The van der Waals surface area contributed by atoms with E-state index in [9.17, 15) is 14.7 Å². The summed E-state index contributed by atoms with van der Waals surface area (Å²) in [6.07, 6.45) is 9.64. The van der Waals surface area contributed by atoms with Gasteiger partial charge in [0.1, 0.15) is 5.75 Å². The van der Waals surface area contributed by atoms with Gasteiger partial charge in [-0.2, -0.15) is 5.10 Å². The van der Waals surface area contributed by atoms with Gasteiger partial charge in [-0.1, -0.05) is 28.1 Å². The quantitative estimate of drug-likeness (QED) is 0.161. The van der Waals surface area contributed by atoms with Gasteiger partial charge in [0.05, 0.1) is 23.4 Å². The number of carbonyl (C=O) groups is 2. The van der Waals surface area contributed by atoms with Crippen molar-refractivity contribution in [3.05, 3.63) is 80.2 Å². The molecule has 0 spiro atoms. The van der Waals surface area contributed by atoms with Gasteiger partial charge in [-0.3, -0.25) is 9.59 Å². The number of hydrogen-bond donors (Lipinski definition) is 3. The van der Waals surface area contributed by atoms with Gasteiger partial charge in [0.15, 0.2) is 18.1 Å². The highest BCUT2D eigenvalue weighted by Crippen LogP contribution is 2.60. The van der Waals surface area contributed by atoms with Crippen molar-refractivity contribution in [1.29, 1.82) is 0 Å². The van der Waals surface area contributed by atoms with E-state index in [0.29, 0.717) is 31.4 Å². The predicted octanol–water partition coefficient (Wildman–Crippen LogP) is 7.18. The van der Waals surface area contributed by atoms with E-state index in [1.807, 2.05) is 12.1 Å². The van der Waals surface area contributed by atoms with Crippen molar-refractivity contribution >= 4 is 55.6 Å². The maximum Gasteiger partial charge on any atom is 0.275 e. The molecule has 0 aliphatic heterocycles. The van der Waals surface area contributed by atoms with Crippen molar-refractivity contribution in [2.75, 3.05) is 19.0 Å². The number of rotatable bonds is 9. The summed E-state index contributed by atoms with van der Waals surface area (Å²) in [7, 11) is 1.50. The number of phenolic OH excluding ortho intramolecular Hbond substituents is 1. The molecule has 0 atom stereocenters. The van der Waals surface area contributed by atoms with Crippen LogP contribution in [0.1, 0.15) is 60.0 Å². The van der Waals surface area contributed by atoms with Gasteiger partial charge in [0, 0.05) is 10.2 Å². The minimum Gasteiger partial charge on any atom is -0.506 e. The number of hydrogen-bond acceptors (Lipinski definition) is 6. The van der Waals surface area contributed by atoms with Crippen LogP contribution in [0.4, 0.5) is 5.69 Å². The minimum absolute atomic E-state index is 0.0663. The Morgan fingerprint density at radius 3 is 2.30 bits per heavy atom. The Kier molecular flexibility index (Phi) is 8.51. The molecule has 4 aliphatic rings. The Balaban J connectivity index is 1.02. The SMILES string of the molecule is COc1cc(/C=N\NC(=O)c2cc(Br)cc(Br)c2O)ccc1OCC(=O)Nc1ccc(C23CC4CC(CC(C4)C2)C3)cc1. The van der Waals surface area contributed by atoms with Crippen LogP contribution in [-0.2, 0) is 10.2 Å². The highest BCUT2D eigenvalue weighted by Gasteiger charge is 2.51. The first kappa shape index (κ1) is 29.7. The monoisotopic (exact) mass is 709 g/mol. The molecule has 2 amide bonds. The lowest BCUT2D eigenvalue weighted by molar-refractivity contribution is -0.118. The number of anilines is 1. The molecule has 7 rings (SSSR count). The van der Waals surface area contributed by atoms with E-state index in [1.54, 1.807) is 24.3 Å². The second kappa shape index (κ2) is 12.3. The third-order valence-electron chi connectivity index (χ3n) is 9.02. The van der Waals surface area contributed by atoms with Crippen molar-refractivity contribution in [1.82, 2.24) is 5.43 Å². The molecule has 3 aromatic carbocycles. The third-order valence-corrected chi connectivity index (χ3v) is 10.1. The van der Waals surface area contributed by atoms with Crippen molar-refractivity contribution in [2.45, 2.75) is 43.9 Å². The van der Waals surface area contributed by atoms with Gasteiger partial charge >= 0.3 is 0 Å². The van der Waals surface area contributed by atoms with E-state index in [0.717, 1.165) is 23.4 Å². The van der Waals surface area contributed by atoms with Crippen molar-refractivity contribution < 1.29 is 24.2 Å². The molecule has 4 fully saturated rings. The van der Waals surface area contributed by atoms with Crippen LogP contribution >= 0.6 is 31.9 Å². The summed E-state index contributed by atoms with van der Waals surface area (Å²) in [6, 6.07) is 16.6. The summed E-state index contributed by atoms with van der Waals surface area (Å²) >= 11 is 6.51. The van der Waals surface area contributed by atoms with E-state index in [4.69, 9.17) is 9.47 Å². The molecular weight excluding hydrogens is 678 g/mol. The predicted molar refractivity (Wildman–Crippen MR) is 172 cm³/mol. The van der Waals surface area contributed by atoms with Crippen molar-refractivity contribution in [3.63, 3.8) is 0 Å². The molecule has 10 heteroatoms. The van der Waals surface area contributed by atoms with Gasteiger partial charge in [0.25, 0.3) is 11.8 Å². The van der Waals surface area contributed by atoms with Gasteiger partial charge in [-0.15, -0.1) is 0 Å². The second-order valence-corrected chi connectivity index (χ2v) is 13.8. The fourth-order valence-corrected chi connectivity index (χ4v) is 8.79. The van der Waals surface area contributed by atoms with Gasteiger partial charge in [-0.05, 0) is 131 Å². The minimum atomic E-state index is -0.573. The smallest absolute Gasteiger partial charge is 0.275 e. The maximum atomic E-state index is 12.7. The lowest BCUT2D eigenvalue weighted by atomic mass is 9.48. The number of halogens is 2. The van der Waals surface area contributed by atoms with Crippen LogP contribution < -0.4 is 20.2 Å². The average Bonchev–Trinajstić information content (AvgIpc) is 2.97. The van der Waals surface area contributed by atoms with Crippen LogP contribution in [0.5, 0.6) is 17.2 Å². The number of nitrogens with one attached hydrogen (secondary N) is 2. The van der Waals surface area contributed by atoms with Crippen LogP contribution in [0.3, 0.4) is 0 Å². The molecule has 0 heterocycles. The normalized spacial score (nSPS) is 23.7. The number of amides is 2. The molecule has 4 aliphatic carbocycles. The third kappa shape index (κ3) is 6.45. The Bertz CT molecular complexity index is 1540. The van der Waals surface area contributed by atoms with Crippen LogP contribution in [0.2, 0.25) is 0 Å². The van der Waals surface area contributed by atoms with E-state index >= 15 is 0 Å². The number of nitrogens with zero attached hydrogens (tertiary/aromatic N) is 1. The number of aromatic hydroxyl groups is 1. The van der Waals surface area contributed by atoms with Crippen molar-refractivity contribution in [2.24, 2.45) is 22.9 Å². The first-order chi connectivity index (χ1) is 20.7. The Hall–Kier alpha value is -3.37. The second-order valence-electron chi connectivity index (χ2n) is 12.0. The molecule has 0 unspecified atom stereocenters. The van der Waals surface area contributed by atoms with Gasteiger partial charge < -0.3 is 19.9 Å². The first-order valence-corrected chi connectivity index (χ1v) is 16.0. The highest BCUT2D eigenvalue weighted by atomic mass is 79.9. The molecule has 3 N–H and O–H groups in total. The highest BCUT2D eigenvalue weighted by molar-refractivity contribution is 9.11. The number of carbonyl (C=O) groups excluding carboxylic acids is 2. The van der Waals surface area contributed by atoms with Crippen molar-refractivity contribution in [3.8, 4) is 17.2 Å². The van der Waals surface area contributed by atoms with Crippen LogP contribution in [-0.4, -0.2) is 36.9 Å². The molecule has 0 aromatic heterocycles. The zero-order chi connectivity index (χ0) is 30.1. The summed E-state index contributed by atoms with van der Waals surface area (Å²) in [5.41, 5.74) is 5.61. The molecule has 4 saturated carbocycles. The zero-order valence-electron chi connectivity index (χ0n) is 23.7. The van der Waals surface area contributed by atoms with Crippen LogP contribution in [0.15, 0.2) is 68.6 Å². The molecule has 0 radical (unpaired) electrons. The molecule has 0 saturated heterocycles. The lowest BCUT2D eigenvalue weighted by Gasteiger charge is -2.57. The van der Waals surface area contributed by atoms with E-state index < -0.39 is 5.91 Å². The topological polar surface area (TPSA) is 109 Å². The maximum absolute atomic E-state index is 12.7. The van der Waals surface area contributed by atoms with Gasteiger partial charge in [-0.25, -0.2) is 5.43 Å². The molecular formula is C33H33Br2N3O5. The largest absolute Gasteiger partial charge is 0.506 e. The Labute approximate surface area is 267 Å². The summed E-state index contributed by atoms with van der Waals surface area (Å²) in [6.45, 7) is -0.178. The zero-order valence-corrected chi connectivity index (χ0v) is 26.9. The molecule has 8 nitrogen and oxygen atoms in total. The van der Waals surface area contributed by atoms with Crippen LogP contribution in [0, 0.1) is 17.8 Å². The molecule has 224 valence electrons. The number of phenols is 1. The Morgan fingerprint density at radius 2 is 1.65 bits per heavy atom. The number of methoxy groups -OCH3 is 1. The molecule has 43 heavy (non-hydrogen) atoms. The number of hydrazone groups is 1. The number of ether oxygens (including phenoxy) is 2. The van der Waals surface area contributed by atoms with E-state index in [1.165, 1.54) is 63.5 Å². The van der Waals surface area contributed by atoms with E-state index in [-0.39, 0.29) is 23.8 Å². The average molecular weight is 711 g/mol. The van der Waals surface area contributed by atoms with Gasteiger partial charge in [0.2, 0.25) is 0 Å². The van der Waals surface area contributed by atoms with E-state index in [2.05, 4.69) is 59.8 Å².